The lowest BCUT2D eigenvalue weighted by Crippen LogP contribution is -2.76. The van der Waals surface area contributed by atoms with E-state index in [0.717, 1.165) is 19.3 Å². The SMILES string of the molecule is C=C(C)[C@@]12O[C@@]3(C)O[C@@H]1[C@@H]1[C@@H]4O[C@]4(CO)[C@@H](O)[C@]4(O)C(=O)C(C)=C[C@H]4[C@@]1(O3)[C@H](C)[C@@H]2OC(=O)CCCCCCCCCCCCCCC. The Hall–Kier alpha value is -1.66. The van der Waals surface area contributed by atoms with Gasteiger partial charge in [0.2, 0.25) is 0 Å². The number of fused-ring (bicyclic) bond motifs is 3. The zero-order valence-electron chi connectivity index (χ0n) is 29.6. The standard InChI is InChI=1S/C38H58O10/c1-7-8-9-10-11-12-13-14-15-16-17-18-19-20-27(40)44-30-25(5)38-26-21-24(4)29(41)36(26,43)33(42)35(22-39)31(46-35)28(38)32-37(30,23(2)3)47-34(6,45-32)48-38/h21,25-26,28,30-33,39,42-43H,2,7-20,22H2,1,3-6H3/t25-,26-,28+,30+,31+,32-,33-,34-,35+,36-,37+,38+/m1/s1. The van der Waals surface area contributed by atoms with Crippen LogP contribution in [0.15, 0.2) is 23.8 Å². The molecule has 270 valence electrons. The van der Waals surface area contributed by atoms with Crippen molar-refractivity contribution in [1.82, 2.24) is 0 Å². The maximum Gasteiger partial charge on any atom is 0.306 e. The first-order valence-electron chi connectivity index (χ1n) is 18.7. The molecule has 3 aliphatic carbocycles. The lowest BCUT2D eigenvalue weighted by Gasteiger charge is -2.61. The van der Waals surface area contributed by atoms with Crippen LogP contribution in [0.5, 0.6) is 0 Å². The number of ketones is 1. The van der Waals surface area contributed by atoms with Crippen molar-refractivity contribution in [2.75, 3.05) is 6.61 Å². The Morgan fingerprint density at radius 3 is 2.10 bits per heavy atom. The Kier molecular flexibility index (Phi) is 9.90. The molecule has 3 aliphatic heterocycles. The number of aliphatic hydroxyl groups excluding tert-OH is 2. The predicted octanol–water partition coefficient (Wildman–Crippen LogP) is 5.20. The number of carbonyl (C=O) groups excluding carboxylic acids is 2. The lowest BCUT2D eigenvalue weighted by atomic mass is 9.53. The summed E-state index contributed by atoms with van der Waals surface area (Å²) in [5.74, 6) is -5.05. The average Bonchev–Trinajstić information content (AvgIpc) is 3.68. The zero-order chi connectivity index (χ0) is 34.7. The van der Waals surface area contributed by atoms with E-state index in [1.165, 1.54) is 57.8 Å². The van der Waals surface area contributed by atoms with Crippen molar-refractivity contribution in [3.63, 3.8) is 0 Å². The molecule has 3 N–H and O–H groups in total. The van der Waals surface area contributed by atoms with Crippen molar-refractivity contribution in [2.45, 2.75) is 177 Å². The number of hydrogen-bond acceptors (Lipinski definition) is 10. The third kappa shape index (κ3) is 5.22. The van der Waals surface area contributed by atoms with Crippen LogP contribution in [0, 0.1) is 17.8 Å². The van der Waals surface area contributed by atoms with Crippen LogP contribution in [0.3, 0.4) is 0 Å². The first-order chi connectivity index (χ1) is 22.8. The maximum atomic E-state index is 13.7. The molecule has 2 saturated carbocycles. The topological polar surface area (TPSA) is 144 Å². The zero-order valence-corrected chi connectivity index (χ0v) is 29.6. The third-order valence-corrected chi connectivity index (χ3v) is 12.6. The molecule has 10 heteroatoms. The number of unbranched alkanes of at least 4 members (excludes halogenated alkanes) is 12. The summed E-state index contributed by atoms with van der Waals surface area (Å²) in [4.78, 5) is 27.2. The highest BCUT2D eigenvalue weighted by atomic mass is 16.9. The molecule has 5 fully saturated rings. The van der Waals surface area contributed by atoms with E-state index in [0.29, 0.717) is 12.0 Å². The molecule has 3 heterocycles. The minimum Gasteiger partial charge on any atom is -0.458 e. The van der Waals surface area contributed by atoms with Crippen LogP contribution in [-0.2, 0) is 33.3 Å². The van der Waals surface area contributed by atoms with Gasteiger partial charge in [0.1, 0.15) is 30.0 Å². The van der Waals surface area contributed by atoms with Crippen molar-refractivity contribution in [2.24, 2.45) is 17.8 Å². The number of hydrogen-bond donors (Lipinski definition) is 3. The highest BCUT2D eigenvalue weighted by Crippen LogP contribution is 2.72. The van der Waals surface area contributed by atoms with Gasteiger partial charge in [0.15, 0.2) is 17.0 Å². The van der Waals surface area contributed by atoms with Crippen LogP contribution in [0.4, 0.5) is 0 Å². The van der Waals surface area contributed by atoms with E-state index in [1.807, 2.05) is 6.92 Å². The van der Waals surface area contributed by atoms with Gasteiger partial charge < -0.3 is 39.0 Å². The molecule has 0 aromatic rings. The van der Waals surface area contributed by atoms with E-state index in [2.05, 4.69) is 13.5 Å². The van der Waals surface area contributed by atoms with Crippen molar-refractivity contribution in [3.05, 3.63) is 23.8 Å². The first-order valence-corrected chi connectivity index (χ1v) is 18.7. The van der Waals surface area contributed by atoms with Crippen molar-refractivity contribution < 1.29 is 48.6 Å². The van der Waals surface area contributed by atoms with Gasteiger partial charge in [-0.25, -0.2) is 0 Å². The minimum absolute atomic E-state index is 0.246. The van der Waals surface area contributed by atoms with Gasteiger partial charge in [0, 0.05) is 31.1 Å². The summed E-state index contributed by atoms with van der Waals surface area (Å²) in [6.07, 6.45) is 13.3. The van der Waals surface area contributed by atoms with Gasteiger partial charge in [0.25, 0.3) is 5.97 Å². The van der Waals surface area contributed by atoms with E-state index in [-0.39, 0.29) is 18.0 Å². The molecule has 0 amide bonds. The molecule has 0 spiro atoms. The number of Topliss-reactive ketones (excluding diaryl/α,β-unsaturated/α-hetero) is 1. The van der Waals surface area contributed by atoms with Crippen molar-refractivity contribution in [3.8, 4) is 0 Å². The average molecular weight is 675 g/mol. The van der Waals surface area contributed by atoms with Gasteiger partial charge in [-0.2, -0.15) is 0 Å². The second-order valence-corrected chi connectivity index (χ2v) is 15.8. The fourth-order valence-corrected chi connectivity index (χ4v) is 10.2. The van der Waals surface area contributed by atoms with Gasteiger partial charge in [-0.1, -0.05) is 104 Å². The normalized spacial score (nSPS) is 44.9. The first kappa shape index (κ1) is 36.1. The Morgan fingerprint density at radius 2 is 1.54 bits per heavy atom. The van der Waals surface area contributed by atoms with Crippen LogP contribution < -0.4 is 0 Å². The summed E-state index contributed by atoms with van der Waals surface area (Å²) < 4.78 is 32.4. The van der Waals surface area contributed by atoms with Crippen molar-refractivity contribution in [1.29, 1.82) is 0 Å². The number of aliphatic hydroxyl groups is 3. The van der Waals surface area contributed by atoms with Crippen LogP contribution in [0.2, 0.25) is 0 Å². The summed E-state index contributed by atoms with van der Waals surface area (Å²) in [6.45, 7) is 12.8. The number of rotatable bonds is 17. The number of ether oxygens (including phenoxy) is 5. The molecule has 0 aromatic heterocycles. The molecule has 3 saturated heterocycles. The molecular weight excluding hydrogens is 616 g/mol. The van der Waals surface area contributed by atoms with Crippen LogP contribution in [0.1, 0.15) is 125 Å². The summed E-state index contributed by atoms with van der Waals surface area (Å²) in [7, 11) is 0. The summed E-state index contributed by atoms with van der Waals surface area (Å²) >= 11 is 0. The van der Waals surface area contributed by atoms with Crippen LogP contribution in [-0.4, -0.2) is 86.5 Å². The van der Waals surface area contributed by atoms with E-state index >= 15 is 0 Å². The quantitative estimate of drug-likeness (QED) is 0.0815. The second kappa shape index (κ2) is 13.1. The minimum atomic E-state index is -2.34. The number of esters is 1. The molecule has 0 unspecified atom stereocenters. The molecular formula is C38H58O10. The monoisotopic (exact) mass is 674 g/mol. The summed E-state index contributed by atoms with van der Waals surface area (Å²) in [6, 6.07) is 0. The smallest absolute Gasteiger partial charge is 0.306 e. The molecule has 3 bridgehead atoms. The third-order valence-electron chi connectivity index (χ3n) is 12.6. The number of carbonyl (C=O) groups is 2. The Morgan fingerprint density at radius 1 is 0.958 bits per heavy atom. The Bertz CT molecular complexity index is 1300. The van der Waals surface area contributed by atoms with Gasteiger partial charge in [-0.3, -0.25) is 9.59 Å². The molecule has 10 nitrogen and oxygen atoms in total. The Labute approximate surface area is 285 Å². The molecule has 12 atom stereocenters. The van der Waals surface area contributed by atoms with E-state index in [9.17, 15) is 24.9 Å². The van der Waals surface area contributed by atoms with Crippen LogP contribution in [0.25, 0.3) is 0 Å². The molecule has 6 rings (SSSR count). The Balaban J connectivity index is 1.16. The fourth-order valence-electron chi connectivity index (χ4n) is 10.2. The molecule has 0 radical (unpaired) electrons. The summed E-state index contributed by atoms with van der Waals surface area (Å²) in [5, 5.41) is 34.5. The van der Waals surface area contributed by atoms with E-state index in [1.54, 1.807) is 26.8 Å². The van der Waals surface area contributed by atoms with E-state index in [4.69, 9.17) is 23.7 Å². The highest BCUT2D eigenvalue weighted by Gasteiger charge is 2.90. The van der Waals surface area contributed by atoms with Crippen LogP contribution >= 0.6 is 0 Å². The second-order valence-electron chi connectivity index (χ2n) is 15.8. The molecule has 48 heavy (non-hydrogen) atoms. The highest BCUT2D eigenvalue weighted by molar-refractivity contribution is 6.05. The van der Waals surface area contributed by atoms with Gasteiger partial charge in [-0.05, 0) is 31.4 Å². The molecule has 6 aliphatic rings. The maximum absolute atomic E-state index is 13.7. The van der Waals surface area contributed by atoms with Gasteiger partial charge in [0.05, 0.1) is 12.2 Å². The largest absolute Gasteiger partial charge is 0.458 e. The van der Waals surface area contributed by atoms with E-state index < -0.39 is 82.9 Å². The van der Waals surface area contributed by atoms with Crippen molar-refractivity contribution >= 4 is 11.8 Å². The van der Waals surface area contributed by atoms with Gasteiger partial charge in [-0.15, -0.1) is 0 Å². The fraction of sp³-hybridized carbons (Fsp3) is 0.842. The lowest BCUT2D eigenvalue weighted by molar-refractivity contribution is -0.421. The molecule has 0 aromatic carbocycles. The predicted molar refractivity (Wildman–Crippen MR) is 176 cm³/mol. The summed E-state index contributed by atoms with van der Waals surface area (Å²) in [5.41, 5.74) is -5.85. The van der Waals surface area contributed by atoms with Gasteiger partial charge >= 0.3 is 5.97 Å². The number of epoxide rings is 1.